The van der Waals surface area contributed by atoms with Crippen molar-refractivity contribution in [3.63, 3.8) is 0 Å². The number of hydrogen-bond acceptors (Lipinski definition) is 5. The minimum absolute atomic E-state index is 0.0106. The van der Waals surface area contributed by atoms with Gasteiger partial charge in [-0.15, -0.1) is 0 Å². The van der Waals surface area contributed by atoms with Crippen LogP contribution in [0.4, 0.5) is 14.6 Å². The first-order chi connectivity index (χ1) is 12.1. The second-order valence-electron chi connectivity index (χ2n) is 6.07. The van der Waals surface area contributed by atoms with Crippen molar-refractivity contribution < 1.29 is 8.78 Å². The van der Waals surface area contributed by atoms with Crippen LogP contribution < -0.4 is 10.6 Å². The zero-order valence-electron chi connectivity index (χ0n) is 13.2. The van der Waals surface area contributed by atoms with Crippen LogP contribution in [0.2, 0.25) is 0 Å². The van der Waals surface area contributed by atoms with E-state index in [1.165, 1.54) is 0 Å². The molecule has 3 aromatic rings. The first kappa shape index (κ1) is 15.7. The lowest BCUT2D eigenvalue weighted by Gasteiger charge is -2.33. The number of aromatic nitrogens is 5. The first-order valence-electron chi connectivity index (χ1n) is 8.06. The Hall–Kier alpha value is -2.84. The molecular weight excluding hydrogens is 330 g/mol. The normalized spacial score (nSPS) is 18.2. The summed E-state index contributed by atoms with van der Waals surface area (Å²) in [6, 6.07) is 7.14. The Morgan fingerprint density at radius 2 is 2.08 bits per heavy atom. The number of rotatable bonds is 3. The Labute approximate surface area is 141 Å². The van der Waals surface area contributed by atoms with Crippen LogP contribution in [0.3, 0.4) is 0 Å². The van der Waals surface area contributed by atoms with E-state index in [1.807, 2.05) is 17.0 Å². The van der Waals surface area contributed by atoms with Crippen molar-refractivity contribution >= 4 is 16.7 Å². The molecule has 1 unspecified atom stereocenters. The molecule has 1 aromatic carbocycles. The van der Waals surface area contributed by atoms with E-state index in [4.69, 9.17) is 0 Å². The van der Waals surface area contributed by atoms with Gasteiger partial charge in [0.25, 0.3) is 6.43 Å². The van der Waals surface area contributed by atoms with Gasteiger partial charge in [-0.3, -0.25) is 4.98 Å². The number of anilines is 1. The van der Waals surface area contributed by atoms with Gasteiger partial charge in [-0.2, -0.15) is 5.10 Å². The molecule has 0 amide bonds. The Kier molecular flexibility index (Phi) is 3.90. The summed E-state index contributed by atoms with van der Waals surface area (Å²) >= 11 is 0. The van der Waals surface area contributed by atoms with Crippen molar-refractivity contribution in [2.24, 2.45) is 0 Å². The molecule has 1 fully saturated rings. The van der Waals surface area contributed by atoms with E-state index < -0.39 is 12.2 Å². The Bertz CT molecular complexity index is 953. The Balaban J connectivity index is 1.74. The van der Waals surface area contributed by atoms with Crippen molar-refractivity contribution in [3.8, 4) is 0 Å². The highest BCUT2D eigenvalue weighted by atomic mass is 19.3. The second kappa shape index (κ2) is 6.23. The van der Waals surface area contributed by atoms with Crippen molar-refractivity contribution in [2.75, 3.05) is 18.0 Å². The number of aromatic amines is 2. The molecule has 0 saturated carbocycles. The average molecular weight is 346 g/mol. The minimum Gasteiger partial charge on any atom is -0.355 e. The molecular formula is C16H16F2N6O. The van der Waals surface area contributed by atoms with Crippen LogP contribution >= 0.6 is 0 Å². The fourth-order valence-electron chi connectivity index (χ4n) is 3.29. The lowest BCUT2D eigenvalue weighted by molar-refractivity contribution is 0.141. The van der Waals surface area contributed by atoms with E-state index in [1.54, 1.807) is 12.1 Å². The van der Waals surface area contributed by atoms with Crippen LogP contribution in [0.1, 0.15) is 36.8 Å². The van der Waals surface area contributed by atoms with Crippen molar-refractivity contribution in [1.29, 1.82) is 0 Å². The third-order valence-corrected chi connectivity index (χ3v) is 4.42. The van der Waals surface area contributed by atoms with Gasteiger partial charge in [0.1, 0.15) is 11.6 Å². The molecule has 1 aliphatic heterocycles. The molecule has 1 atom stereocenters. The maximum Gasteiger partial charge on any atom is 0.340 e. The van der Waals surface area contributed by atoms with E-state index in [-0.39, 0.29) is 11.6 Å². The molecule has 4 rings (SSSR count). The molecule has 2 N–H and O–H groups in total. The lowest BCUT2D eigenvalue weighted by atomic mass is 9.97. The van der Waals surface area contributed by atoms with Gasteiger partial charge in [0.2, 0.25) is 0 Å². The molecule has 0 radical (unpaired) electrons. The van der Waals surface area contributed by atoms with Crippen LogP contribution in [0.25, 0.3) is 10.9 Å². The average Bonchev–Trinajstić information content (AvgIpc) is 3.07. The fraction of sp³-hybridized carbons (Fsp3) is 0.375. The summed E-state index contributed by atoms with van der Waals surface area (Å²) in [5, 5.41) is 7.11. The largest absolute Gasteiger partial charge is 0.355 e. The molecule has 0 spiro atoms. The molecule has 2 aromatic heterocycles. The maximum atomic E-state index is 13.2. The van der Waals surface area contributed by atoms with Crippen LogP contribution in [0, 0.1) is 0 Å². The van der Waals surface area contributed by atoms with Crippen LogP contribution in [-0.4, -0.2) is 38.2 Å². The molecule has 3 heterocycles. The van der Waals surface area contributed by atoms with Crippen molar-refractivity contribution in [1.82, 2.24) is 25.1 Å². The van der Waals surface area contributed by atoms with E-state index in [9.17, 15) is 13.6 Å². The highest BCUT2D eigenvalue weighted by molar-refractivity contribution is 5.89. The van der Waals surface area contributed by atoms with Crippen molar-refractivity contribution in [2.45, 2.75) is 25.2 Å². The number of hydrogen-bond donors (Lipinski definition) is 2. The summed E-state index contributed by atoms with van der Waals surface area (Å²) in [6.07, 6.45) is -1.02. The third-order valence-electron chi connectivity index (χ3n) is 4.42. The predicted octanol–water partition coefficient (Wildman–Crippen LogP) is 2.36. The molecule has 0 bridgehead atoms. The number of fused-ring (bicyclic) bond motifs is 1. The van der Waals surface area contributed by atoms with Gasteiger partial charge in [-0.05, 0) is 25.0 Å². The Morgan fingerprint density at radius 1 is 1.24 bits per heavy atom. The summed E-state index contributed by atoms with van der Waals surface area (Å²) in [5.41, 5.74) is 0.151. The highest BCUT2D eigenvalue weighted by Gasteiger charge is 2.27. The van der Waals surface area contributed by atoms with Gasteiger partial charge in [-0.25, -0.2) is 28.6 Å². The summed E-state index contributed by atoms with van der Waals surface area (Å²) in [4.78, 5) is 24.0. The van der Waals surface area contributed by atoms with Gasteiger partial charge < -0.3 is 4.90 Å². The molecule has 25 heavy (non-hydrogen) atoms. The van der Waals surface area contributed by atoms with Gasteiger partial charge in [-0.1, -0.05) is 12.1 Å². The number of halogens is 2. The maximum absolute atomic E-state index is 13.2. The lowest BCUT2D eigenvalue weighted by Crippen LogP contribution is -2.35. The zero-order valence-corrected chi connectivity index (χ0v) is 13.2. The van der Waals surface area contributed by atoms with Gasteiger partial charge in [0, 0.05) is 24.4 Å². The molecule has 1 aliphatic rings. The molecule has 9 heteroatoms. The Morgan fingerprint density at radius 3 is 2.84 bits per heavy atom. The van der Waals surface area contributed by atoms with Crippen molar-refractivity contribution in [3.05, 3.63) is 46.4 Å². The van der Waals surface area contributed by atoms with Crippen LogP contribution in [0.15, 0.2) is 29.1 Å². The molecule has 0 aliphatic carbocycles. The zero-order chi connectivity index (χ0) is 17.4. The number of para-hydroxylation sites is 1. The number of nitrogens with zero attached hydrogens (tertiary/aromatic N) is 4. The number of piperidine rings is 1. The summed E-state index contributed by atoms with van der Waals surface area (Å²) in [5.74, 6) is 0.631. The van der Waals surface area contributed by atoms with Gasteiger partial charge in [0.05, 0.1) is 5.52 Å². The second-order valence-corrected chi connectivity index (χ2v) is 6.07. The fourth-order valence-corrected chi connectivity index (χ4v) is 3.29. The molecule has 1 saturated heterocycles. The first-order valence-corrected chi connectivity index (χ1v) is 8.06. The van der Waals surface area contributed by atoms with E-state index >= 15 is 0 Å². The minimum atomic E-state index is -2.73. The standard InChI is InChI=1S/C16H16F2N6O/c17-12(18)14-19-11-6-2-1-5-10(11)15(20-14)24-7-3-4-9(8-24)13-21-16(25)23-22-13/h1-2,5-6,9,12H,3-4,7-8H2,(H2,21,22,23,25). The van der Waals surface area contributed by atoms with Crippen LogP contribution in [-0.2, 0) is 0 Å². The quantitative estimate of drug-likeness (QED) is 0.760. The summed E-state index contributed by atoms with van der Waals surface area (Å²) in [6.45, 7) is 1.25. The topological polar surface area (TPSA) is 90.6 Å². The van der Waals surface area contributed by atoms with E-state index in [0.717, 1.165) is 18.2 Å². The number of nitrogens with one attached hydrogen (secondary N) is 2. The highest BCUT2D eigenvalue weighted by Crippen LogP contribution is 2.32. The summed E-state index contributed by atoms with van der Waals surface area (Å²) < 4.78 is 26.4. The number of benzene rings is 1. The molecule has 130 valence electrons. The molecule has 7 nitrogen and oxygen atoms in total. The number of H-pyrrole nitrogens is 2. The summed E-state index contributed by atoms with van der Waals surface area (Å²) in [7, 11) is 0. The predicted molar refractivity (Wildman–Crippen MR) is 87.9 cm³/mol. The van der Waals surface area contributed by atoms with Crippen LogP contribution in [0.5, 0.6) is 0 Å². The third kappa shape index (κ3) is 2.97. The number of alkyl halides is 2. The monoisotopic (exact) mass is 346 g/mol. The smallest absolute Gasteiger partial charge is 0.340 e. The SMILES string of the molecule is O=c1[nH]nc(C2CCCN(c3nc(C(F)F)nc4ccccc34)C2)[nH]1. The van der Waals surface area contributed by atoms with E-state index in [0.29, 0.717) is 30.2 Å². The van der Waals surface area contributed by atoms with E-state index in [2.05, 4.69) is 25.1 Å². The van der Waals surface area contributed by atoms with Gasteiger partial charge >= 0.3 is 5.69 Å². The van der Waals surface area contributed by atoms with Gasteiger partial charge in [0.15, 0.2) is 5.82 Å².